The van der Waals surface area contributed by atoms with Gasteiger partial charge in [0.05, 0.1) is 6.20 Å². The molecule has 1 aliphatic heterocycles. The molecule has 1 unspecified atom stereocenters. The second-order valence-corrected chi connectivity index (χ2v) is 11.1. The fraction of sp³-hybridized carbons (Fsp3) is 0.692. The zero-order valence-electron chi connectivity index (χ0n) is 21.4. The topological polar surface area (TPSA) is 130 Å². The van der Waals surface area contributed by atoms with Gasteiger partial charge in [-0.3, -0.25) is 19.4 Å². The van der Waals surface area contributed by atoms with Crippen LogP contribution in [0.2, 0.25) is 0 Å². The lowest BCUT2D eigenvalue weighted by Crippen LogP contribution is -2.58. The molecule has 2 amide bonds. The Labute approximate surface area is 207 Å². The minimum atomic E-state index is -0.987. The van der Waals surface area contributed by atoms with E-state index in [9.17, 15) is 24.3 Å². The van der Waals surface area contributed by atoms with Crippen molar-refractivity contribution in [2.45, 2.75) is 78.8 Å². The van der Waals surface area contributed by atoms with Gasteiger partial charge >= 0.3 is 5.97 Å². The third-order valence-corrected chi connectivity index (χ3v) is 7.75. The first kappa shape index (κ1) is 26.8. The summed E-state index contributed by atoms with van der Waals surface area (Å²) in [5, 5.41) is 12.8. The minimum Gasteiger partial charge on any atom is -0.480 e. The number of nitrogens with zero attached hydrogens (tertiary/aromatic N) is 3. The van der Waals surface area contributed by atoms with Crippen molar-refractivity contribution in [3.63, 3.8) is 0 Å². The van der Waals surface area contributed by atoms with Gasteiger partial charge in [0.1, 0.15) is 17.8 Å². The van der Waals surface area contributed by atoms with Gasteiger partial charge in [0.25, 0.3) is 0 Å². The smallest absolute Gasteiger partial charge is 0.326 e. The number of aliphatic carboxylic acids is 1. The third-order valence-electron chi connectivity index (χ3n) is 7.75. The molecule has 2 aliphatic rings. The summed E-state index contributed by atoms with van der Waals surface area (Å²) >= 11 is 0. The average molecular weight is 487 g/mol. The maximum Gasteiger partial charge on any atom is 0.326 e. The molecule has 9 nitrogen and oxygen atoms in total. The lowest BCUT2D eigenvalue weighted by Gasteiger charge is -2.36. The van der Waals surface area contributed by atoms with Gasteiger partial charge < -0.3 is 15.3 Å². The number of carbonyl (C=O) groups is 4. The molecule has 0 aromatic carbocycles. The molecule has 2 N–H and O–H groups in total. The van der Waals surface area contributed by atoms with Crippen LogP contribution in [0.25, 0.3) is 0 Å². The zero-order valence-corrected chi connectivity index (χ0v) is 21.4. The van der Waals surface area contributed by atoms with Gasteiger partial charge in [-0.25, -0.2) is 9.78 Å². The Morgan fingerprint density at radius 2 is 1.91 bits per heavy atom. The number of fused-ring (bicyclic) bond motifs is 1. The quantitative estimate of drug-likeness (QED) is 0.513. The van der Waals surface area contributed by atoms with Crippen molar-refractivity contribution < 1.29 is 24.3 Å². The molecule has 3 rings (SSSR count). The van der Waals surface area contributed by atoms with Crippen molar-refractivity contribution in [1.29, 1.82) is 0 Å². The SMILES string of the molecule is CCC(C)[C@H](CC(=O)c1cnccn1)C(=O)N[C@H](C(=O)N1C[C@@H]2CCC[C@@H]2[C@H]1C(=O)O)C(C)(C)C. The number of hydrogen-bond acceptors (Lipinski definition) is 6. The summed E-state index contributed by atoms with van der Waals surface area (Å²) in [5.74, 6) is -2.62. The van der Waals surface area contributed by atoms with Gasteiger partial charge in [-0.05, 0) is 36.0 Å². The van der Waals surface area contributed by atoms with E-state index in [2.05, 4.69) is 15.3 Å². The van der Waals surface area contributed by atoms with Crippen molar-refractivity contribution >= 4 is 23.6 Å². The van der Waals surface area contributed by atoms with E-state index in [1.807, 2.05) is 34.6 Å². The first-order chi connectivity index (χ1) is 16.5. The number of rotatable bonds is 9. The second-order valence-electron chi connectivity index (χ2n) is 11.1. The molecule has 1 saturated heterocycles. The number of carbonyl (C=O) groups excluding carboxylic acids is 3. The van der Waals surface area contributed by atoms with Gasteiger partial charge in [-0.15, -0.1) is 0 Å². The number of ketones is 1. The number of carboxylic acids is 1. The number of carboxylic acid groups (broad SMARTS) is 1. The predicted molar refractivity (Wildman–Crippen MR) is 129 cm³/mol. The van der Waals surface area contributed by atoms with Crippen molar-refractivity contribution in [3.8, 4) is 0 Å². The van der Waals surface area contributed by atoms with Gasteiger partial charge in [0.2, 0.25) is 11.8 Å². The van der Waals surface area contributed by atoms with Crippen LogP contribution in [-0.4, -0.2) is 62.2 Å². The Hall–Kier alpha value is -2.84. The molecule has 6 atom stereocenters. The Morgan fingerprint density at radius 3 is 2.49 bits per heavy atom. The lowest BCUT2D eigenvalue weighted by molar-refractivity contribution is -0.152. The molecule has 2 fully saturated rings. The molecular weight excluding hydrogens is 448 g/mol. The van der Waals surface area contributed by atoms with Gasteiger partial charge in [-0.1, -0.05) is 47.5 Å². The Kier molecular flexibility index (Phi) is 8.28. The molecule has 0 bridgehead atoms. The first-order valence-corrected chi connectivity index (χ1v) is 12.6. The van der Waals surface area contributed by atoms with E-state index in [4.69, 9.17) is 0 Å². The molecule has 2 heterocycles. The van der Waals surface area contributed by atoms with Crippen molar-refractivity contribution in [3.05, 3.63) is 24.3 Å². The van der Waals surface area contributed by atoms with Crippen LogP contribution in [0, 0.1) is 29.1 Å². The van der Waals surface area contributed by atoms with E-state index < -0.39 is 29.4 Å². The fourth-order valence-electron chi connectivity index (χ4n) is 5.50. The summed E-state index contributed by atoms with van der Waals surface area (Å²) < 4.78 is 0. The van der Waals surface area contributed by atoms with E-state index in [0.29, 0.717) is 13.0 Å². The number of amides is 2. The summed E-state index contributed by atoms with van der Waals surface area (Å²) in [7, 11) is 0. The van der Waals surface area contributed by atoms with Gasteiger partial charge in [-0.2, -0.15) is 0 Å². The van der Waals surface area contributed by atoms with Crippen LogP contribution in [0.3, 0.4) is 0 Å². The molecule has 1 aromatic heterocycles. The molecule has 9 heteroatoms. The maximum atomic E-state index is 13.7. The molecule has 0 spiro atoms. The van der Waals surface area contributed by atoms with Crippen LogP contribution in [0.15, 0.2) is 18.6 Å². The van der Waals surface area contributed by atoms with Crippen LogP contribution in [0.4, 0.5) is 0 Å². The monoisotopic (exact) mass is 486 g/mol. The molecular formula is C26H38N4O5. The molecule has 192 valence electrons. The fourth-order valence-corrected chi connectivity index (χ4v) is 5.50. The van der Waals surface area contributed by atoms with Crippen LogP contribution < -0.4 is 5.32 Å². The molecule has 1 aliphatic carbocycles. The van der Waals surface area contributed by atoms with E-state index in [0.717, 1.165) is 19.3 Å². The van der Waals surface area contributed by atoms with E-state index in [1.54, 1.807) is 0 Å². The van der Waals surface area contributed by atoms with Crippen molar-refractivity contribution in [2.24, 2.45) is 29.1 Å². The summed E-state index contributed by atoms with van der Waals surface area (Å²) in [6.07, 6.45) is 7.63. The normalized spacial score (nSPS) is 24.4. The van der Waals surface area contributed by atoms with Crippen molar-refractivity contribution in [2.75, 3.05) is 6.54 Å². The average Bonchev–Trinajstić information content (AvgIpc) is 3.40. The first-order valence-electron chi connectivity index (χ1n) is 12.6. The molecule has 1 aromatic rings. The van der Waals surface area contributed by atoms with Gasteiger partial charge in [0.15, 0.2) is 5.78 Å². The molecule has 1 saturated carbocycles. The van der Waals surface area contributed by atoms with Crippen molar-refractivity contribution in [1.82, 2.24) is 20.2 Å². The number of likely N-dealkylation sites (tertiary alicyclic amines) is 1. The highest BCUT2D eigenvalue weighted by molar-refractivity contribution is 5.98. The van der Waals surface area contributed by atoms with E-state index in [-0.39, 0.29) is 47.5 Å². The number of nitrogens with one attached hydrogen (secondary N) is 1. The minimum absolute atomic E-state index is 0.0368. The van der Waals surface area contributed by atoms with Crippen LogP contribution in [0.5, 0.6) is 0 Å². The Balaban J connectivity index is 1.82. The Morgan fingerprint density at radius 1 is 1.20 bits per heavy atom. The Bertz CT molecular complexity index is 945. The summed E-state index contributed by atoms with van der Waals surface area (Å²) in [6.45, 7) is 9.82. The second kappa shape index (κ2) is 10.8. The van der Waals surface area contributed by atoms with Crippen LogP contribution >= 0.6 is 0 Å². The summed E-state index contributed by atoms with van der Waals surface area (Å²) in [6, 6.07) is -1.77. The van der Waals surface area contributed by atoms with Gasteiger partial charge in [0, 0.05) is 31.3 Å². The highest BCUT2D eigenvalue weighted by Gasteiger charge is 2.52. The highest BCUT2D eigenvalue weighted by atomic mass is 16.4. The summed E-state index contributed by atoms with van der Waals surface area (Å²) in [5.41, 5.74) is -0.451. The molecule has 35 heavy (non-hydrogen) atoms. The predicted octanol–water partition coefficient (Wildman–Crippen LogP) is 2.95. The number of Topliss-reactive ketones (excluding diaryl/α,β-unsaturated/α-hetero) is 1. The summed E-state index contributed by atoms with van der Waals surface area (Å²) in [4.78, 5) is 61.6. The van der Waals surface area contributed by atoms with E-state index in [1.165, 1.54) is 23.5 Å². The standard InChI is InChI=1S/C26H38N4O5/c1-6-15(2)18(12-20(31)19-13-27-10-11-28-19)23(32)29-22(26(3,4)5)24(33)30-14-16-8-7-9-17(16)21(30)25(34)35/h10-11,13,15-18,21-22H,6-9,12,14H2,1-5H3,(H,29,32)(H,34,35)/t15?,16-,17-,18-,21-,22+/m0/s1. The number of aromatic nitrogens is 2. The zero-order chi connectivity index (χ0) is 25.9. The largest absolute Gasteiger partial charge is 0.480 e. The number of hydrogen-bond donors (Lipinski definition) is 2. The maximum absolute atomic E-state index is 13.7. The molecule has 0 radical (unpaired) electrons. The van der Waals surface area contributed by atoms with Crippen LogP contribution in [-0.2, 0) is 14.4 Å². The van der Waals surface area contributed by atoms with E-state index >= 15 is 0 Å². The third kappa shape index (κ3) is 5.87. The lowest BCUT2D eigenvalue weighted by atomic mass is 9.82. The highest BCUT2D eigenvalue weighted by Crippen LogP contribution is 2.43. The van der Waals surface area contributed by atoms with Crippen LogP contribution in [0.1, 0.15) is 77.2 Å².